The standard InChI is InChI=1S/C22H19N7O3S/c1-28(12-13-30)18-8-6-17(7-9-18)25-24-15-2-4-16(5-3-15)26-27-22-23-20-11-10-19(29(31)32)14-21(20)33-22/h2-11,14,30H,12-13H2,1H3. The largest absolute Gasteiger partial charge is 0.395 e. The van der Waals surface area contributed by atoms with Crippen LogP contribution in [0.2, 0.25) is 0 Å². The summed E-state index contributed by atoms with van der Waals surface area (Å²) in [6.45, 7) is 0.658. The molecule has 0 radical (unpaired) electrons. The Bertz CT molecular complexity index is 1320. The first kappa shape index (κ1) is 22.1. The van der Waals surface area contributed by atoms with Gasteiger partial charge in [-0.25, -0.2) is 4.98 Å². The van der Waals surface area contributed by atoms with E-state index in [2.05, 4.69) is 25.4 Å². The third-order valence-corrected chi connectivity index (χ3v) is 5.58. The lowest BCUT2D eigenvalue weighted by Crippen LogP contribution is -2.20. The lowest BCUT2D eigenvalue weighted by atomic mass is 10.2. The van der Waals surface area contributed by atoms with Gasteiger partial charge in [-0.15, -0.1) is 10.2 Å². The number of hydrogen-bond acceptors (Lipinski definition) is 10. The molecule has 1 aromatic heterocycles. The van der Waals surface area contributed by atoms with Crippen LogP contribution >= 0.6 is 11.3 Å². The number of hydrogen-bond donors (Lipinski definition) is 1. The van der Waals surface area contributed by atoms with Crippen molar-refractivity contribution in [2.24, 2.45) is 20.5 Å². The second-order valence-electron chi connectivity index (χ2n) is 6.98. The SMILES string of the molecule is CN(CCO)c1ccc(N=Nc2ccc(N=Nc3nc4ccc([N+](=O)[O-])cc4s3)cc2)cc1. The number of nitrogens with zero attached hydrogens (tertiary/aromatic N) is 7. The monoisotopic (exact) mass is 461 g/mol. The predicted octanol–water partition coefficient (Wildman–Crippen LogP) is 6.46. The molecule has 0 aliphatic rings. The number of thiazole rings is 1. The van der Waals surface area contributed by atoms with Crippen LogP contribution in [-0.2, 0) is 0 Å². The maximum absolute atomic E-state index is 10.9. The second kappa shape index (κ2) is 10.0. The van der Waals surface area contributed by atoms with Gasteiger partial charge in [-0.05, 0) is 54.6 Å². The number of fused-ring (bicyclic) bond motifs is 1. The molecule has 1 N–H and O–H groups in total. The lowest BCUT2D eigenvalue weighted by molar-refractivity contribution is -0.384. The molecule has 4 rings (SSSR count). The van der Waals surface area contributed by atoms with Crippen molar-refractivity contribution in [1.82, 2.24) is 4.98 Å². The normalized spacial score (nSPS) is 11.6. The summed E-state index contributed by atoms with van der Waals surface area (Å²) >= 11 is 1.24. The first-order valence-corrected chi connectivity index (χ1v) is 10.7. The average Bonchev–Trinajstić information content (AvgIpc) is 3.25. The minimum absolute atomic E-state index is 0.0179. The molecule has 0 atom stereocenters. The van der Waals surface area contributed by atoms with Crippen molar-refractivity contribution in [2.45, 2.75) is 0 Å². The Morgan fingerprint density at radius 1 is 0.939 bits per heavy atom. The van der Waals surface area contributed by atoms with E-state index < -0.39 is 4.92 Å². The number of aromatic nitrogens is 1. The molecular formula is C22H19N7O3S. The minimum Gasteiger partial charge on any atom is -0.395 e. The van der Waals surface area contributed by atoms with Crippen molar-refractivity contribution < 1.29 is 10.0 Å². The van der Waals surface area contributed by atoms with E-state index in [4.69, 9.17) is 5.11 Å². The summed E-state index contributed by atoms with van der Waals surface area (Å²) in [5.41, 5.74) is 3.66. The summed E-state index contributed by atoms with van der Waals surface area (Å²) in [5, 5.41) is 37.1. The third kappa shape index (κ3) is 5.59. The highest BCUT2D eigenvalue weighted by Gasteiger charge is 2.10. The van der Waals surface area contributed by atoms with Gasteiger partial charge >= 0.3 is 0 Å². The molecule has 10 nitrogen and oxygen atoms in total. The number of aliphatic hydroxyl groups is 1. The summed E-state index contributed by atoms with van der Waals surface area (Å²) in [4.78, 5) is 16.7. The molecule has 0 bridgehead atoms. The molecule has 0 saturated heterocycles. The van der Waals surface area contributed by atoms with Crippen LogP contribution in [0.15, 0.2) is 87.2 Å². The first-order chi connectivity index (χ1) is 16.0. The van der Waals surface area contributed by atoms with Gasteiger partial charge in [0.15, 0.2) is 0 Å². The third-order valence-electron chi connectivity index (χ3n) is 4.68. The van der Waals surface area contributed by atoms with Gasteiger partial charge in [-0.2, -0.15) is 10.2 Å². The van der Waals surface area contributed by atoms with Crippen molar-refractivity contribution in [3.05, 3.63) is 76.8 Å². The van der Waals surface area contributed by atoms with E-state index in [1.165, 1.54) is 23.5 Å². The molecule has 0 saturated carbocycles. The van der Waals surface area contributed by atoms with Gasteiger partial charge in [0.1, 0.15) is 0 Å². The Hall–Kier alpha value is -4.09. The van der Waals surface area contributed by atoms with Crippen molar-refractivity contribution in [3.63, 3.8) is 0 Å². The number of nitro benzene ring substituents is 1. The molecule has 0 fully saturated rings. The van der Waals surface area contributed by atoms with Crippen molar-refractivity contribution in [2.75, 3.05) is 25.1 Å². The van der Waals surface area contributed by atoms with Crippen LogP contribution in [0.1, 0.15) is 0 Å². The molecule has 3 aromatic carbocycles. The Kier molecular flexibility index (Phi) is 6.72. The quantitative estimate of drug-likeness (QED) is 0.183. The zero-order valence-electron chi connectivity index (χ0n) is 17.6. The number of non-ortho nitro benzene ring substituents is 1. The summed E-state index contributed by atoms with van der Waals surface area (Å²) < 4.78 is 0.682. The molecule has 0 unspecified atom stereocenters. The van der Waals surface area contributed by atoms with Gasteiger partial charge in [0.25, 0.3) is 5.69 Å². The summed E-state index contributed by atoms with van der Waals surface area (Å²) in [6.07, 6.45) is 0. The molecule has 0 spiro atoms. The topological polar surface area (TPSA) is 129 Å². The Labute approximate surface area is 192 Å². The van der Waals surface area contributed by atoms with E-state index in [1.54, 1.807) is 30.3 Å². The number of anilines is 1. The number of likely N-dealkylation sites (N-methyl/N-ethyl adjacent to an activating group) is 1. The van der Waals surface area contributed by atoms with E-state index in [9.17, 15) is 10.1 Å². The van der Waals surface area contributed by atoms with Gasteiger partial charge in [0.2, 0.25) is 5.13 Å². The van der Waals surface area contributed by atoms with E-state index in [1.807, 2.05) is 36.2 Å². The van der Waals surface area contributed by atoms with Crippen LogP contribution in [0.3, 0.4) is 0 Å². The van der Waals surface area contributed by atoms with Crippen LogP contribution in [0.25, 0.3) is 10.2 Å². The van der Waals surface area contributed by atoms with Gasteiger partial charge in [-0.1, -0.05) is 11.3 Å². The average molecular weight is 462 g/mol. The van der Waals surface area contributed by atoms with E-state index in [0.717, 1.165) is 11.4 Å². The molecule has 33 heavy (non-hydrogen) atoms. The van der Waals surface area contributed by atoms with Crippen molar-refractivity contribution in [1.29, 1.82) is 0 Å². The van der Waals surface area contributed by atoms with Crippen LogP contribution in [-0.4, -0.2) is 35.2 Å². The minimum atomic E-state index is -0.438. The zero-order valence-corrected chi connectivity index (χ0v) is 18.4. The molecule has 0 amide bonds. The first-order valence-electron chi connectivity index (χ1n) is 9.92. The molecule has 1 heterocycles. The number of rotatable bonds is 8. The van der Waals surface area contributed by atoms with Gasteiger partial charge < -0.3 is 10.0 Å². The van der Waals surface area contributed by atoms with Gasteiger partial charge in [0, 0.05) is 31.4 Å². The Balaban J connectivity index is 1.40. The molecule has 11 heteroatoms. The summed E-state index contributed by atoms with van der Waals surface area (Å²) in [5.74, 6) is 0. The maximum Gasteiger partial charge on any atom is 0.270 e. The highest BCUT2D eigenvalue weighted by molar-refractivity contribution is 7.21. The number of azo groups is 2. The van der Waals surface area contributed by atoms with Crippen LogP contribution in [0.5, 0.6) is 0 Å². The number of benzene rings is 3. The molecule has 0 aliphatic carbocycles. The van der Waals surface area contributed by atoms with Crippen LogP contribution in [0, 0.1) is 10.1 Å². The maximum atomic E-state index is 10.9. The molecule has 166 valence electrons. The summed E-state index contributed by atoms with van der Waals surface area (Å²) in [7, 11) is 1.91. The highest BCUT2D eigenvalue weighted by Crippen LogP contribution is 2.32. The Morgan fingerprint density at radius 3 is 2.09 bits per heavy atom. The fourth-order valence-corrected chi connectivity index (χ4v) is 3.73. The Morgan fingerprint density at radius 2 is 1.52 bits per heavy atom. The van der Waals surface area contributed by atoms with Crippen LogP contribution in [0.4, 0.5) is 33.6 Å². The number of nitro groups is 1. The summed E-state index contributed by atoms with van der Waals surface area (Å²) in [6, 6.07) is 19.2. The molecular weight excluding hydrogens is 442 g/mol. The smallest absolute Gasteiger partial charge is 0.270 e. The molecule has 0 aliphatic heterocycles. The fourth-order valence-electron chi connectivity index (χ4n) is 2.91. The van der Waals surface area contributed by atoms with Crippen LogP contribution < -0.4 is 4.90 Å². The molecule has 4 aromatic rings. The zero-order chi connectivity index (χ0) is 23.2. The van der Waals surface area contributed by atoms with E-state index in [0.29, 0.717) is 33.3 Å². The van der Waals surface area contributed by atoms with Gasteiger partial charge in [0.05, 0.1) is 38.8 Å². The van der Waals surface area contributed by atoms with E-state index >= 15 is 0 Å². The highest BCUT2D eigenvalue weighted by atomic mass is 32.1. The predicted molar refractivity (Wildman–Crippen MR) is 128 cm³/mol. The van der Waals surface area contributed by atoms with Gasteiger partial charge in [-0.3, -0.25) is 10.1 Å². The fraction of sp³-hybridized carbons (Fsp3) is 0.136. The lowest BCUT2D eigenvalue weighted by Gasteiger charge is -2.17. The van der Waals surface area contributed by atoms with Crippen molar-refractivity contribution >= 4 is 55.1 Å². The van der Waals surface area contributed by atoms with Crippen molar-refractivity contribution in [3.8, 4) is 0 Å². The van der Waals surface area contributed by atoms with E-state index in [-0.39, 0.29) is 12.3 Å². The number of aliphatic hydroxyl groups excluding tert-OH is 1. The second-order valence-corrected chi connectivity index (χ2v) is 7.99.